The van der Waals surface area contributed by atoms with E-state index in [0.29, 0.717) is 16.8 Å². The first-order valence-electron chi connectivity index (χ1n) is 6.16. The van der Waals surface area contributed by atoms with E-state index in [0.717, 1.165) is 12.5 Å². The summed E-state index contributed by atoms with van der Waals surface area (Å²) in [5.74, 6) is 0.602. The third-order valence-electron chi connectivity index (χ3n) is 4.02. The Morgan fingerprint density at radius 3 is 2.56 bits per heavy atom. The molecule has 2 saturated carbocycles. The highest BCUT2D eigenvalue weighted by molar-refractivity contribution is 7.80. The van der Waals surface area contributed by atoms with Crippen molar-refractivity contribution in [1.82, 2.24) is 5.32 Å². The number of nitrogens with one attached hydrogen (secondary N) is 1. The second-order valence-corrected chi connectivity index (χ2v) is 5.69. The highest BCUT2D eigenvalue weighted by Crippen LogP contribution is 2.60. The lowest BCUT2D eigenvalue weighted by Crippen LogP contribution is -2.40. The van der Waals surface area contributed by atoms with E-state index < -0.39 is 0 Å². The first-order valence-corrected chi connectivity index (χ1v) is 6.57. The second-order valence-electron chi connectivity index (χ2n) is 5.22. The van der Waals surface area contributed by atoms with Crippen LogP contribution in [0.1, 0.15) is 39.0 Å². The number of amides is 1. The van der Waals surface area contributed by atoms with Gasteiger partial charge < -0.3 is 11.1 Å². The molecule has 0 saturated heterocycles. The van der Waals surface area contributed by atoms with E-state index in [-0.39, 0.29) is 11.8 Å². The molecule has 2 aliphatic rings. The monoisotopic (exact) mass is 240 g/mol. The molecule has 90 valence electrons. The fourth-order valence-corrected chi connectivity index (χ4v) is 2.76. The number of hydrogen-bond acceptors (Lipinski definition) is 2. The first-order chi connectivity index (χ1) is 7.59. The molecule has 3 N–H and O–H groups in total. The van der Waals surface area contributed by atoms with Gasteiger partial charge in [0.1, 0.15) is 0 Å². The quantitative estimate of drug-likeness (QED) is 0.693. The normalized spacial score (nSPS) is 23.6. The summed E-state index contributed by atoms with van der Waals surface area (Å²) in [5.41, 5.74) is 5.99. The summed E-state index contributed by atoms with van der Waals surface area (Å²) in [5, 5.41) is 3.03. The van der Waals surface area contributed by atoms with Crippen molar-refractivity contribution >= 4 is 23.1 Å². The van der Waals surface area contributed by atoms with Gasteiger partial charge in [0.25, 0.3) is 0 Å². The van der Waals surface area contributed by atoms with E-state index >= 15 is 0 Å². The van der Waals surface area contributed by atoms with Gasteiger partial charge in [0.2, 0.25) is 5.91 Å². The summed E-state index contributed by atoms with van der Waals surface area (Å²) in [6, 6.07) is 0. The molecule has 0 bridgehead atoms. The molecule has 2 fully saturated rings. The first kappa shape index (κ1) is 11.8. The van der Waals surface area contributed by atoms with Gasteiger partial charge in [-0.15, -0.1) is 0 Å². The topological polar surface area (TPSA) is 55.1 Å². The molecule has 4 heteroatoms. The number of nitrogens with two attached hydrogens (primary N) is 1. The van der Waals surface area contributed by atoms with Crippen LogP contribution in [-0.2, 0) is 4.79 Å². The van der Waals surface area contributed by atoms with Gasteiger partial charge in [0.15, 0.2) is 0 Å². The SMILES string of the molecule is CCC(C(=O)NCC1(C2CC2)CC1)C(N)=S. The number of thiocarbonyl (C=S) groups is 1. The summed E-state index contributed by atoms with van der Waals surface area (Å²) in [4.78, 5) is 12.2. The van der Waals surface area contributed by atoms with E-state index in [1.807, 2.05) is 6.92 Å². The van der Waals surface area contributed by atoms with Gasteiger partial charge in [-0.05, 0) is 43.4 Å². The average molecular weight is 240 g/mol. The van der Waals surface area contributed by atoms with E-state index in [1.54, 1.807) is 0 Å². The fraction of sp³-hybridized carbons (Fsp3) is 0.833. The number of carbonyl (C=O) groups is 1. The minimum absolute atomic E-state index is 0.0157. The third-order valence-corrected chi connectivity index (χ3v) is 4.30. The molecule has 0 aromatic rings. The zero-order valence-corrected chi connectivity index (χ0v) is 10.6. The predicted molar refractivity (Wildman–Crippen MR) is 68.0 cm³/mol. The van der Waals surface area contributed by atoms with Crippen LogP contribution in [0.25, 0.3) is 0 Å². The lowest BCUT2D eigenvalue weighted by atomic mass is 9.99. The molecule has 1 amide bonds. The smallest absolute Gasteiger partial charge is 0.229 e. The molecule has 0 spiro atoms. The van der Waals surface area contributed by atoms with Gasteiger partial charge in [-0.2, -0.15) is 0 Å². The molecule has 16 heavy (non-hydrogen) atoms. The Balaban J connectivity index is 1.80. The van der Waals surface area contributed by atoms with Crippen molar-refractivity contribution in [1.29, 1.82) is 0 Å². The summed E-state index contributed by atoms with van der Waals surface area (Å²) < 4.78 is 0. The zero-order chi connectivity index (χ0) is 11.8. The number of hydrogen-bond donors (Lipinski definition) is 2. The molecular weight excluding hydrogens is 220 g/mol. The van der Waals surface area contributed by atoms with Crippen LogP contribution in [0, 0.1) is 17.3 Å². The molecule has 1 atom stereocenters. The Bertz CT molecular complexity index is 308. The van der Waals surface area contributed by atoms with Crippen LogP contribution >= 0.6 is 12.2 Å². The highest BCUT2D eigenvalue weighted by Gasteiger charge is 2.53. The lowest BCUT2D eigenvalue weighted by Gasteiger charge is -2.18. The molecule has 3 nitrogen and oxygen atoms in total. The van der Waals surface area contributed by atoms with E-state index in [1.165, 1.54) is 25.7 Å². The van der Waals surface area contributed by atoms with Crippen LogP contribution in [0.15, 0.2) is 0 Å². The summed E-state index contributed by atoms with van der Waals surface area (Å²) in [6.07, 6.45) is 5.95. The summed E-state index contributed by atoms with van der Waals surface area (Å²) in [7, 11) is 0. The van der Waals surface area contributed by atoms with Crippen LogP contribution in [0.5, 0.6) is 0 Å². The van der Waals surface area contributed by atoms with Crippen molar-refractivity contribution in [2.24, 2.45) is 23.0 Å². The predicted octanol–water partition coefficient (Wildman–Crippen LogP) is 1.61. The van der Waals surface area contributed by atoms with Crippen molar-refractivity contribution in [2.45, 2.75) is 39.0 Å². The van der Waals surface area contributed by atoms with Gasteiger partial charge >= 0.3 is 0 Å². The fourth-order valence-electron chi connectivity index (χ4n) is 2.49. The van der Waals surface area contributed by atoms with Crippen LogP contribution < -0.4 is 11.1 Å². The molecule has 0 heterocycles. The molecule has 0 aliphatic heterocycles. The summed E-state index contributed by atoms with van der Waals surface area (Å²) >= 11 is 4.90. The molecule has 0 aromatic carbocycles. The molecule has 1 unspecified atom stereocenters. The van der Waals surface area contributed by atoms with E-state index in [9.17, 15) is 4.79 Å². The Morgan fingerprint density at radius 2 is 2.19 bits per heavy atom. The Hall–Kier alpha value is -0.640. The Morgan fingerprint density at radius 1 is 1.56 bits per heavy atom. The van der Waals surface area contributed by atoms with Crippen molar-refractivity contribution in [3.63, 3.8) is 0 Å². The van der Waals surface area contributed by atoms with Crippen LogP contribution in [0.2, 0.25) is 0 Å². The average Bonchev–Trinajstić information content (AvgIpc) is 3.08. The Labute approximate surface area is 102 Å². The minimum atomic E-state index is -0.287. The lowest BCUT2D eigenvalue weighted by molar-refractivity contribution is -0.123. The van der Waals surface area contributed by atoms with Crippen LogP contribution in [0.3, 0.4) is 0 Å². The van der Waals surface area contributed by atoms with Gasteiger partial charge in [0.05, 0.1) is 10.9 Å². The van der Waals surface area contributed by atoms with Gasteiger partial charge in [-0.1, -0.05) is 19.1 Å². The van der Waals surface area contributed by atoms with E-state index in [2.05, 4.69) is 5.32 Å². The maximum atomic E-state index is 11.9. The molecule has 2 rings (SSSR count). The van der Waals surface area contributed by atoms with Gasteiger partial charge in [-0.25, -0.2) is 0 Å². The largest absolute Gasteiger partial charge is 0.393 e. The molecule has 0 radical (unpaired) electrons. The Kier molecular flexibility index (Phi) is 3.19. The minimum Gasteiger partial charge on any atom is -0.393 e. The third kappa shape index (κ3) is 2.37. The number of carbonyl (C=O) groups excluding carboxylic acids is 1. The van der Waals surface area contributed by atoms with Crippen LogP contribution in [0.4, 0.5) is 0 Å². The zero-order valence-electron chi connectivity index (χ0n) is 9.79. The van der Waals surface area contributed by atoms with Gasteiger partial charge in [0, 0.05) is 6.54 Å². The standard InChI is InChI=1S/C12H20N2OS/c1-2-9(10(13)16)11(15)14-7-12(5-6-12)8-3-4-8/h8-9H,2-7H2,1H3,(H2,13,16)(H,14,15). The molecular formula is C12H20N2OS. The van der Waals surface area contributed by atoms with E-state index in [4.69, 9.17) is 18.0 Å². The van der Waals surface area contributed by atoms with Crippen LogP contribution in [-0.4, -0.2) is 17.4 Å². The summed E-state index contributed by atoms with van der Waals surface area (Å²) in [6.45, 7) is 2.77. The maximum Gasteiger partial charge on any atom is 0.229 e. The van der Waals surface area contributed by atoms with Crippen molar-refractivity contribution in [3.05, 3.63) is 0 Å². The van der Waals surface area contributed by atoms with Crippen molar-refractivity contribution in [2.75, 3.05) is 6.54 Å². The maximum absolute atomic E-state index is 11.9. The second kappa shape index (κ2) is 4.32. The van der Waals surface area contributed by atoms with Gasteiger partial charge in [-0.3, -0.25) is 4.79 Å². The van der Waals surface area contributed by atoms with Crippen molar-refractivity contribution in [3.8, 4) is 0 Å². The molecule has 0 aromatic heterocycles. The highest BCUT2D eigenvalue weighted by atomic mass is 32.1. The van der Waals surface area contributed by atoms with Crippen molar-refractivity contribution < 1.29 is 4.79 Å². The number of rotatable bonds is 6. The molecule has 2 aliphatic carbocycles.